The van der Waals surface area contributed by atoms with Gasteiger partial charge in [-0.05, 0) is 26.0 Å². The van der Waals surface area contributed by atoms with Crippen molar-refractivity contribution in [1.82, 2.24) is 20.2 Å². The lowest BCUT2D eigenvalue weighted by Gasteiger charge is -2.08. The molecule has 1 amide bonds. The highest BCUT2D eigenvalue weighted by Gasteiger charge is 2.14. The number of ether oxygens (including phenoxy) is 2. The fourth-order valence-corrected chi connectivity index (χ4v) is 3.65. The molecule has 3 rings (SSSR count). The molecule has 0 saturated carbocycles. The molecule has 0 fully saturated rings. The largest absolute Gasteiger partial charge is 0.497 e. The van der Waals surface area contributed by atoms with Crippen LogP contribution in [0.1, 0.15) is 18.1 Å². The zero-order chi connectivity index (χ0) is 22.2. The molecule has 31 heavy (non-hydrogen) atoms. The summed E-state index contributed by atoms with van der Waals surface area (Å²) >= 11 is 1.32. The van der Waals surface area contributed by atoms with E-state index >= 15 is 0 Å². The standard InChI is InChI=1S/C22H25N5O3S/c1-5-27-21(16-8-6-15(2)7-9-16)25-26-22(27)31-14-20(28)24-23-13-17-10-11-18(29-3)12-19(17)30-4/h6-13H,5,14H2,1-4H3,(H,24,28). The molecule has 0 aliphatic carbocycles. The van der Waals surface area contributed by atoms with Crippen molar-refractivity contribution >= 4 is 23.9 Å². The number of aromatic nitrogens is 3. The minimum absolute atomic E-state index is 0.170. The molecule has 0 atom stereocenters. The van der Waals surface area contributed by atoms with Gasteiger partial charge in [-0.25, -0.2) is 5.43 Å². The summed E-state index contributed by atoms with van der Waals surface area (Å²) in [4.78, 5) is 12.2. The van der Waals surface area contributed by atoms with E-state index in [-0.39, 0.29) is 11.7 Å². The van der Waals surface area contributed by atoms with Crippen molar-refractivity contribution in [2.75, 3.05) is 20.0 Å². The first-order valence-electron chi connectivity index (χ1n) is 9.72. The van der Waals surface area contributed by atoms with Gasteiger partial charge in [0.1, 0.15) is 11.5 Å². The van der Waals surface area contributed by atoms with E-state index in [1.807, 2.05) is 42.7 Å². The SMILES string of the molecule is CCn1c(SCC(=O)NN=Cc2ccc(OC)cc2OC)nnc1-c1ccc(C)cc1. The highest BCUT2D eigenvalue weighted by Crippen LogP contribution is 2.25. The minimum atomic E-state index is -0.240. The fourth-order valence-electron chi connectivity index (χ4n) is 2.86. The number of benzene rings is 2. The van der Waals surface area contributed by atoms with Crippen LogP contribution in [0.3, 0.4) is 0 Å². The van der Waals surface area contributed by atoms with Gasteiger partial charge in [-0.2, -0.15) is 5.10 Å². The van der Waals surface area contributed by atoms with Crippen LogP contribution in [0.15, 0.2) is 52.7 Å². The van der Waals surface area contributed by atoms with E-state index < -0.39 is 0 Å². The zero-order valence-corrected chi connectivity index (χ0v) is 18.8. The molecule has 3 aromatic rings. The molecule has 2 aromatic carbocycles. The second-order valence-corrected chi connectivity index (χ2v) is 7.55. The molecule has 9 heteroatoms. The summed E-state index contributed by atoms with van der Waals surface area (Å²) in [6, 6.07) is 13.5. The quantitative estimate of drug-likeness (QED) is 0.312. The van der Waals surface area contributed by atoms with Crippen molar-refractivity contribution in [2.24, 2.45) is 5.10 Å². The molecule has 0 unspecified atom stereocenters. The number of hydrazone groups is 1. The summed E-state index contributed by atoms with van der Waals surface area (Å²) in [5.41, 5.74) is 5.44. The number of thioether (sulfide) groups is 1. The van der Waals surface area contributed by atoms with Crippen LogP contribution in [0.2, 0.25) is 0 Å². The van der Waals surface area contributed by atoms with Gasteiger partial charge in [0.25, 0.3) is 5.91 Å². The topological polar surface area (TPSA) is 90.6 Å². The van der Waals surface area contributed by atoms with Crippen molar-refractivity contribution in [3.8, 4) is 22.9 Å². The Labute approximate surface area is 185 Å². The summed E-state index contributed by atoms with van der Waals surface area (Å²) in [7, 11) is 3.15. The highest BCUT2D eigenvalue weighted by molar-refractivity contribution is 7.99. The van der Waals surface area contributed by atoms with Gasteiger partial charge in [0.15, 0.2) is 11.0 Å². The van der Waals surface area contributed by atoms with E-state index in [4.69, 9.17) is 9.47 Å². The second kappa shape index (κ2) is 10.6. The lowest BCUT2D eigenvalue weighted by Crippen LogP contribution is -2.20. The average Bonchev–Trinajstić information content (AvgIpc) is 3.21. The van der Waals surface area contributed by atoms with Gasteiger partial charge in [-0.3, -0.25) is 4.79 Å². The normalized spacial score (nSPS) is 11.0. The predicted octanol–water partition coefficient (Wildman–Crippen LogP) is 3.53. The third kappa shape index (κ3) is 5.64. The number of rotatable bonds is 9. The van der Waals surface area contributed by atoms with Crippen LogP contribution in [0, 0.1) is 6.92 Å². The third-order valence-corrected chi connectivity index (χ3v) is 5.48. The van der Waals surface area contributed by atoms with E-state index in [0.29, 0.717) is 23.2 Å². The lowest BCUT2D eigenvalue weighted by atomic mass is 10.1. The van der Waals surface area contributed by atoms with Crippen LogP contribution in [0.25, 0.3) is 11.4 Å². The number of carbonyl (C=O) groups excluding carboxylic acids is 1. The second-order valence-electron chi connectivity index (χ2n) is 6.61. The van der Waals surface area contributed by atoms with Crippen LogP contribution < -0.4 is 14.9 Å². The Balaban J connectivity index is 1.60. The number of nitrogens with one attached hydrogen (secondary N) is 1. The Bertz CT molecular complexity index is 1060. The Morgan fingerprint density at radius 3 is 2.61 bits per heavy atom. The molecule has 0 aliphatic heterocycles. The molecule has 0 radical (unpaired) electrons. The number of aryl methyl sites for hydroxylation is 1. The van der Waals surface area contributed by atoms with Gasteiger partial charge in [0, 0.05) is 23.7 Å². The van der Waals surface area contributed by atoms with Crippen molar-refractivity contribution in [2.45, 2.75) is 25.5 Å². The molecule has 1 N–H and O–H groups in total. The first-order chi connectivity index (χ1) is 15.0. The van der Waals surface area contributed by atoms with E-state index in [1.165, 1.54) is 23.5 Å². The number of carbonyl (C=O) groups is 1. The summed E-state index contributed by atoms with van der Waals surface area (Å²) in [6.07, 6.45) is 1.53. The van der Waals surface area contributed by atoms with Crippen LogP contribution >= 0.6 is 11.8 Å². The van der Waals surface area contributed by atoms with E-state index in [0.717, 1.165) is 17.0 Å². The monoisotopic (exact) mass is 439 g/mol. The number of methoxy groups -OCH3 is 2. The van der Waals surface area contributed by atoms with Gasteiger partial charge in [-0.1, -0.05) is 41.6 Å². The van der Waals surface area contributed by atoms with Crippen molar-refractivity contribution in [3.05, 3.63) is 53.6 Å². The minimum Gasteiger partial charge on any atom is -0.497 e. The average molecular weight is 440 g/mol. The number of hydrogen-bond acceptors (Lipinski definition) is 7. The maximum Gasteiger partial charge on any atom is 0.250 e. The van der Waals surface area contributed by atoms with Gasteiger partial charge in [-0.15, -0.1) is 10.2 Å². The summed E-state index contributed by atoms with van der Waals surface area (Å²) in [5.74, 6) is 2.00. The molecular formula is C22H25N5O3S. The van der Waals surface area contributed by atoms with Crippen molar-refractivity contribution in [3.63, 3.8) is 0 Å². The number of amides is 1. The Morgan fingerprint density at radius 2 is 1.94 bits per heavy atom. The van der Waals surface area contributed by atoms with Crippen LogP contribution in [-0.4, -0.2) is 46.9 Å². The molecule has 1 heterocycles. The molecule has 0 spiro atoms. The first kappa shape index (κ1) is 22.4. The van der Waals surface area contributed by atoms with Gasteiger partial charge < -0.3 is 14.0 Å². The van der Waals surface area contributed by atoms with Crippen molar-refractivity contribution < 1.29 is 14.3 Å². The van der Waals surface area contributed by atoms with Crippen molar-refractivity contribution in [1.29, 1.82) is 0 Å². The highest BCUT2D eigenvalue weighted by atomic mass is 32.2. The molecule has 8 nitrogen and oxygen atoms in total. The molecular weight excluding hydrogens is 414 g/mol. The summed E-state index contributed by atoms with van der Waals surface area (Å²) in [5, 5.41) is 13.3. The molecule has 162 valence electrons. The lowest BCUT2D eigenvalue weighted by molar-refractivity contribution is -0.118. The van der Waals surface area contributed by atoms with E-state index in [2.05, 4.69) is 20.7 Å². The number of nitrogens with zero attached hydrogens (tertiary/aromatic N) is 4. The molecule has 1 aromatic heterocycles. The zero-order valence-electron chi connectivity index (χ0n) is 18.0. The van der Waals surface area contributed by atoms with Crippen LogP contribution in [0.5, 0.6) is 11.5 Å². The summed E-state index contributed by atoms with van der Waals surface area (Å²) < 4.78 is 12.5. The van der Waals surface area contributed by atoms with Crippen LogP contribution in [-0.2, 0) is 11.3 Å². The third-order valence-electron chi connectivity index (χ3n) is 4.51. The predicted molar refractivity (Wildman–Crippen MR) is 122 cm³/mol. The Kier molecular flexibility index (Phi) is 7.66. The van der Waals surface area contributed by atoms with Crippen LogP contribution in [0.4, 0.5) is 0 Å². The first-order valence-corrected chi connectivity index (χ1v) is 10.7. The smallest absolute Gasteiger partial charge is 0.250 e. The summed E-state index contributed by atoms with van der Waals surface area (Å²) in [6.45, 7) is 4.77. The van der Waals surface area contributed by atoms with E-state index in [1.54, 1.807) is 32.4 Å². The Hall–Kier alpha value is -3.33. The molecule has 0 aliphatic rings. The molecule has 0 saturated heterocycles. The maximum atomic E-state index is 12.2. The molecule has 0 bridgehead atoms. The van der Waals surface area contributed by atoms with Gasteiger partial charge >= 0.3 is 0 Å². The van der Waals surface area contributed by atoms with Gasteiger partial charge in [0.05, 0.1) is 26.2 Å². The fraction of sp³-hybridized carbons (Fsp3) is 0.273. The van der Waals surface area contributed by atoms with Gasteiger partial charge in [0.2, 0.25) is 0 Å². The van der Waals surface area contributed by atoms with E-state index in [9.17, 15) is 4.79 Å². The maximum absolute atomic E-state index is 12.2. The number of hydrogen-bond donors (Lipinski definition) is 1. The Morgan fingerprint density at radius 1 is 1.16 bits per heavy atom.